The predicted octanol–water partition coefficient (Wildman–Crippen LogP) is 1.83. The molecule has 0 fully saturated rings. The zero-order valence-electron chi connectivity index (χ0n) is 12.2. The molecule has 1 amide bonds. The van der Waals surface area contributed by atoms with Crippen molar-refractivity contribution in [2.45, 2.75) is 4.90 Å². The second-order valence-electron chi connectivity index (χ2n) is 4.83. The van der Waals surface area contributed by atoms with Crippen molar-refractivity contribution in [3.63, 3.8) is 0 Å². The first-order valence-electron chi connectivity index (χ1n) is 6.71. The van der Waals surface area contributed by atoms with Gasteiger partial charge < -0.3 is 14.8 Å². The van der Waals surface area contributed by atoms with Crippen molar-refractivity contribution in [2.75, 3.05) is 23.8 Å². The zero-order valence-corrected chi connectivity index (χ0v) is 13.0. The molecule has 7 nitrogen and oxygen atoms in total. The molecule has 0 aromatic heterocycles. The van der Waals surface area contributed by atoms with Crippen LogP contribution in [0.3, 0.4) is 0 Å². The maximum Gasteiger partial charge on any atom is 0.262 e. The Morgan fingerprint density at radius 3 is 2.83 bits per heavy atom. The number of amides is 1. The average molecular weight is 334 g/mol. The first-order chi connectivity index (χ1) is 11.0. The van der Waals surface area contributed by atoms with Gasteiger partial charge in [0, 0.05) is 6.07 Å². The minimum absolute atomic E-state index is 0.0184. The molecule has 2 aromatic carbocycles. The quantitative estimate of drug-likeness (QED) is 0.889. The number of rotatable bonds is 4. The van der Waals surface area contributed by atoms with Crippen molar-refractivity contribution >= 4 is 27.3 Å². The van der Waals surface area contributed by atoms with Crippen LogP contribution in [0.1, 0.15) is 0 Å². The van der Waals surface area contributed by atoms with Crippen molar-refractivity contribution in [3.05, 3.63) is 42.5 Å². The fourth-order valence-corrected chi connectivity index (χ4v) is 3.21. The third kappa shape index (κ3) is 3.21. The third-order valence-electron chi connectivity index (χ3n) is 3.22. The van der Waals surface area contributed by atoms with Crippen LogP contribution in [0.2, 0.25) is 0 Å². The van der Waals surface area contributed by atoms with E-state index in [0.717, 1.165) is 0 Å². The summed E-state index contributed by atoms with van der Waals surface area (Å²) in [6.45, 7) is -0.0822. The van der Waals surface area contributed by atoms with Gasteiger partial charge >= 0.3 is 0 Å². The van der Waals surface area contributed by atoms with Crippen LogP contribution < -0.4 is 19.5 Å². The number of anilines is 2. The Hall–Kier alpha value is -2.74. The molecule has 0 saturated carbocycles. The van der Waals surface area contributed by atoms with Crippen molar-refractivity contribution in [1.29, 1.82) is 0 Å². The van der Waals surface area contributed by atoms with Crippen molar-refractivity contribution < 1.29 is 22.7 Å². The van der Waals surface area contributed by atoms with Gasteiger partial charge in [-0.2, -0.15) is 0 Å². The van der Waals surface area contributed by atoms with E-state index in [2.05, 4.69) is 10.0 Å². The third-order valence-corrected chi connectivity index (χ3v) is 4.60. The topological polar surface area (TPSA) is 93.7 Å². The normalized spacial score (nSPS) is 13.5. The second-order valence-corrected chi connectivity index (χ2v) is 6.51. The van der Waals surface area contributed by atoms with E-state index in [9.17, 15) is 13.2 Å². The summed E-state index contributed by atoms with van der Waals surface area (Å²) in [4.78, 5) is 11.4. The van der Waals surface area contributed by atoms with E-state index in [-0.39, 0.29) is 17.4 Å². The van der Waals surface area contributed by atoms with Crippen LogP contribution in [0.15, 0.2) is 47.4 Å². The number of hydrogen-bond donors (Lipinski definition) is 2. The van der Waals surface area contributed by atoms with Gasteiger partial charge in [0.15, 0.2) is 6.61 Å². The SMILES string of the molecule is COc1cccc(NS(=O)(=O)c2ccc3c(c2)NC(=O)CO3)c1. The molecular weight excluding hydrogens is 320 g/mol. The van der Waals surface area contributed by atoms with Gasteiger partial charge in [-0.05, 0) is 30.3 Å². The lowest BCUT2D eigenvalue weighted by Crippen LogP contribution is -2.25. The Labute approximate surface area is 133 Å². The van der Waals surface area contributed by atoms with E-state index in [1.54, 1.807) is 24.3 Å². The summed E-state index contributed by atoms with van der Waals surface area (Å²) in [6, 6.07) is 10.9. The van der Waals surface area contributed by atoms with Gasteiger partial charge in [-0.1, -0.05) is 6.07 Å². The molecule has 23 heavy (non-hydrogen) atoms. The summed E-state index contributed by atoms with van der Waals surface area (Å²) in [6.07, 6.45) is 0. The zero-order chi connectivity index (χ0) is 16.4. The highest BCUT2D eigenvalue weighted by atomic mass is 32.2. The molecule has 0 saturated heterocycles. The predicted molar refractivity (Wildman–Crippen MR) is 84.4 cm³/mol. The Kier molecular flexibility index (Phi) is 3.83. The highest BCUT2D eigenvalue weighted by Gasteiger charge is 2.21. The molecule has 8 heteroatoms. The number of methoxy groups -OCH3 is 1. The molecular formula is C15H14N2O5S. The summed E-state index contributed by atoms with van der Waals surface area (Å²) < 4.78 is 37.7. The van der Waals surface area contributed by atoms with Gasteiger partial charge in [0.25, 0.3) is 15.9 Å². The number of benzene rings is 2. The second kappa shape index (κ2) is 5.81. The fourth-order valence-electron chi connectivity index (χ4n) is 2.13. The van der Waals surface area contributed by atoms with Crippen LogP contribution in [0, 0.1) is 0 Å². The van der Waals surface area contributed by atoms with Gasteiger partial charge in [0.2, 0.25) is 0 Å². The van der Waals surface area contributed by atoms with E-state index in [0.29, 0.717) is 22.9 Å². The van der Waals surface area contributed by atoms with E-state index >= 15 is 0 Å². The Bertz CT molecular complexity index is 864. The van der Waals surface area contributed by atoms with Crippen LogP contribution in [-0.4, -0.2) is 28.0 Å². The Morgan fingerprint density at radius 1 is 1.22 bits per heavy atom. The molecule has 3 rings (SSSR count). The minimum atomic E-state index is -3.80. The standard InChI is InChI=1S/C15H14N2O5S/c1-21-11-4-2-3-10(7-11)17-23(19,20)12-5-6-14-13(8-12)16-15(18)9-22-14/h2-8,17H,9H2,1H3,(H,16,18). The van der Waals surface area contributed by atoms with Gasteiger partial charge in [0.05, 0.1) is 23.4 Å². The molecule has 1 aliphatic heterocycles. The number of ether oxygens (including phenoxy) is 2. The molecule has 0 bridgehead atoms. The first kappa shape index (κ1) is 15.2. The van der Waals surface area contributed by atoms with Crippen molar-refractivity contribution in [2.24, 2.45) is 0 Å². The van der Waals surface area contributed by atoms with Crippen molar-refractivity contribution in [3.8, 4) is 11.5 Å². The van der Waals surface area contributed by atoms with E-state index in [1.165, 1.54) is 25.3 Å². The molecule has 120 valence electrons. The van der Waals surface area contributed by atoms with Crippen LogP contribution in [0.5, 0.6) is 11.5 Å². The number of hydrogen-bond acceptors (Lipinski definition) is 5. The first-order valence-corrected chi connectivity index (χ1v) is 8.20. The lowest BCUT2D eigenvalue weighted by molar-refractivity contribution is -0.118. The highest BCUT2D eigenvalue weighted by molar-refractivity contribution is 7.92. The number of carbonyl (C=O) groups is 1. The molecule has 1 heterocycles. The number of nitrogens with one attached hydrogen (secondary N) is 2. The molecule has 1 aliphatic rings. The van der Waals surface area contributed by atoms with Gasteiger partial charge in [-0.25, -0.2) is 8.42 Å². The maximum atomic E-state index is 12.5. The molecule has 2 aromatic rings. The van der Waals surface area contributed by atoms with E-state index in [1.807, 2.05) is 0 Å². The summed E-state index contributed by atoms with van der Waals surface area (Å²) >= 11 is 0. The van der Waals surface area contributed by atoms with E-state index in [4.69, 9.17) is 9.47 Å². The Balaban J connectivity index is 1.90. The largest absolute Gasteiger partial charge is 0.497 e. The molecule has 0 unspecified atom stereocenters. The van der Waals surface area contributed by atoms with Gasteiger partial charge in [-0.3, -0.25) is 9.52 Å². The smallest absolute Gasteiger partial charge is 0.262 e. The van der Waals surface area contributed by atoms with E-state index < -0.39 is 10.0 Å². The summed E-state index contributed by atoms with van der Waals surface area (Å²) in [5, 5.41) is 2.58. The monoisotopic (exact) mass is 334 g/mol. The fraction of sp³-hybridized carbons (Fsp3) is 0.133. The molecule has 2 N–H and O–H groups in total. The Morgan fingerprint density at radius 2 is 2.04 bits per heavy atom. The number of sulfonamides is 1. The number of carbonyl (C=O) groups excluding carboxylic acids is 1. The van der Waals surface area contributed by atoms with Crippen molar-refractivity contribution in [1.82, 2.24) is 0 Å². The van der Waals surface area contributed by atoms with Gasteiger partial charge in [0.1, 0.15) is 11.5 Å². The molecule has 0 atom stereocenters. The van der Waals surface area contributed by atoms with Crippen LogP contribution in [-0.2, 0) is 14.8 Å². The minimum Gasteiger partial charge on any atom is -0.497 e. The van der Waals surface area contributed by atoms with Crippen LogP contribution in [0.4, 0.5) is 11.4 Å². The molecule has 0 aliphatic carbocycles. The lowest BCUT2D eigenvalue weighted by atomic mass is 10.2. The summed E-state index contributed by atoms with van der Waals surface area (Å²) in [7, 11) is -2.30. The maximum absolute atomic E-state index is 12.5. The summed E-state index contributed by atoms with van der Waals surface area (Å²) in [5.74, 6) is 0.647. The highest BCUT2D eigenvalue weighted by Crippen LogP contribution is 2.31. The van der Waals surface area contributed by atoms with Crippen LogP contribution in [0.25, 0.3) is 0 Å². The molecule has 0 spiro atoms. The molecule has 0 radical (unpaired) electrons. The summed E-state index contributed by atoms with van der Waals surface area (Å²) in [5.41, 5.74) is 0.706. The average Bonchev–Trinajstić information content (AvgIpc) is 2.54. The van der Waals surface area contributed by atoms with Crippen LogP contribution >= 0.6 is 0 Å². The lowest BCUT2D eigenvalue weighted by Gasteiger charge is -2.18. The van der Waals surface area contributed by atoms with Gasteiger partial charge in [-0.15, -0.1) is 0 Å². The number of fused-ring (bicyclic) bond motifs is 1.